The molecule has 0 radical (unpaired) electrons. The third-order valence-corrected chi connectivity index (χ3v) is 4.38. The van der Waals surface area contributed by atoms with Gasteiger partial charge in [-0.3, -0.25) is 4.79 Å². The second-order valence-corrected chi connectivity index (χ2v) is 6.11. The molecule has 2 rings (SSSR count). The minimum Gasteiger partial charge on any atom is -0.497 e. The molecule has 1 amide bonds. The van der Waals surface area contributed by atoms with Crippen LogP contribution in [0.5, 0.6) is 11.5 Å². The van der Waals surface area contributed by atoms with Gasteiger partial charge < -0.3 is 19.5 Å². The van der Waals surface area contributed by atoms with Gasteiger partial charge in [0.1, 0.15) is 11.5 Å². The van der Waals surface area contributed by atoms with Crippen LogP contribution in [0.4, 0.5) is 0 Å². The first-order valence-electron chi connectivity index (χ1n) is 8.23. The highest BCUT2D eigenvalue weighted by Crippen LogP contribution is 2.24. The number of carbonyl (C=O) groups is 2. The molecule has 24 heavy (non-hydrogen) atoms. The molecule has 0 heterocycles. The monoisotopic (exact) mass is 335 g/mol. The maximum atomic E-state index is 12.1. The number of hydrogen-bond acceptors (Lipinski definition) is 5. The molecule has 6 nitrogen and oxygen atoms in total. The summed E-state index contributed by atoms with van der Waals surface area (Å²) in [6, 6.07) is 4.92. The molecule has 0 spiro atoms. The van der Waals surface area contributed by atoms with E-state index in [1.165, 1.54) is 20.6 Å². The van der Waals surface area contributed by atoms with Crippen molar-refractivity contribution in [3.63, 3.8) is 0 Å². The van der Waals surface area contributed by atoms with Crippen LogP contribution in [0.25, 0.3) is 0 Å². The fourth-order valence-corrected chi connectivity index (χ4v) is 2.92. The molecule has 6 heteroatoms. The average molecular weight is 335 g/mol. The summed E-state index contributed by atoms with van der Waals surface area (Å²) in [6.07, 6.45) is 4.43. The highest BCUT2D eigenvalue weighted by Gasteiger charge is 2.23. The zero-order valence-electron chi connectivity index (χ0n) is 14.5. The molecule has 1 N–H and O–H groups in total. The van der Waals surface area contributed by atoms with Gasteiger partial charge >= 0.3 is 5.97 Å². The van der Waals surface area contributed by atoms with E-state index >= 15 is 0 Å². The Morgan fingerprint density at radius 3 is 2.29 bits per heavy atom. The molecule has 0 saturated heterocycles. The van der Waals surface area contributed by atoms with Crippen molar-refractivity contribution in [2.75, 3.05) is 20.8 Å². The molecule has 132 valence electrons. The number of methoxy groups -OCH3 is 2. The molecule has 0 aliphatic heterocycles. The van der Waals surface area contributed by atoms with Crippen LogP contribution >= 0.6 is 0 Å². The van der Waals surface area contributed by atoms with E-state index in [2.05, 4.69) is 12.2 Å². The zero-order chi connectivity index (χ0) is 17.5. The van der Waals surface area contributed by atoms with E-state index in [0.717, 1.165) is 19.3 Å². The van der Waals surface area contributed by atoms with Gasteiger partial charge in [0.2, 0.25) is 0 Å². The molecule has 2 atom stereocenters. The van der Waals surface area contributed by atoms with E-state index < -0.39 is 5.97 Å². The first-order valence-corrected chi connectivity index (χ1v) is 8.23. The van der Waals surface area contributed by atoms with Crippen LogP contribution in [0.2, 0.25) is 0 Å². The van der Waals surface area contributed by atoms with Crippen molar-refractivity contribution in [3.8, 4) is 11.5 Å². The Hall–Kier alpha value is -2.24. The minimum atomic E-state index is -0.584. The topological polar surface area (TPSA) is 73.9 Å². The van der Waals surface area contributed by atoms with Gasteiger partial charge in [-0.15, -0.1) is 0 Å². The fraction of sp³-hybridized carbons (Fsp3) is 0.556. The average Bonchev–Trinajstić information content (AvgIpc) is 2.61. The number of benzene rings is 1. The quantitative estimate of drug-likeness (QED) is 0.809. The number of nitrogens with one attached hydrogen (secondary N) is 1. The molecule has 1 aliphatic rings. The number of amides is 1. The van der Waals surface area contributed by atoms with Crippen molar-refractivity contribution < 1.29 is 23.8 Å². The number of ether oxygens (including phenoxy) is 3. The van der Waals surface area contributed by atoms with E-state index in [0.29, 0.717) is 17.4 Å². The SMILES string of the molecule is COc1cc(OC)cc(C(=O)OCC(=O)N[C@H]2CCCC[C@H]2C)c1. The second-order valence-electron chi connectivity index (χ2n) is 6.11. The lowest BCUT2D eigenvalue weighted by molar-refractivity contribution is -0.125. The van der Waals surface area contributed by atoms with E-state index in [1.54, 1.807) is 18.2 Å². The third kappa shape index (κ3) is 4.88. The maximum absolute atomic E-state index is 12.1. The number of carbonyl (C=O) groups excluding carboxylic acids is 2. The number of hydrogen-bond donors (Lipinski definition) is 1. The van der Waals surface area contributed by atoms with Gasteiger partial charge in [0.15, 0.2) is 6.61 Å². The van der Waals surface area contributed by atoms with Crippen LogP contribution in [-0.2, 0) is 9.53 Å². The van der Waals surface area contributed by atoms with Crippen molar-refractivity contribution in [3.05, 3.63) is 23.8 Å². The second kappa shape index (κ2) is 8.57. The van der Waals surface area contributed by atoms with Crippen LogP contribution in [0.1, 0.15) is 43.0 Å². The largest absolute Gasteiger partial charge is 0.497 e. The smallest absolute Gasteiger partial charge is 0.338 e. The number of esters is 1. The first kappa shape index (κ1) is 18.1. The zero-order valence-corrected chi connectivity index (χ0v) is 14.5. The molecule has 1 aromatic rings. The lowest BCUT2D eigenvalue weighted by atomic mass is 9.86. The summed E-state index contributed by atoms with van der Waals surface area (Å²) in [5, 5.41) is 2.96. The molecule has 1 saturated carbocycles. The van der Waals surface area contributed by atoms with Crippen molar-refractivity contribution in [2.24, 2.45) is 5.92 Å². The molecular weight excluding hydrogens is 310 g/mol. The lowest BCUT2D eigenvalue weighted by Crippen LogP contribution is -2.42. The van der Waals surface area contributed by atoms with Crippen molar-refractivity contribution in [2.45, 2.75) is 38.6 Å². The highest BCUT2D eigenvalue weighted by molar-refractivity contribution is 5.92. The molecular formula is C18H25NO5. The summed E-state index contributed by atoms with van der Waals surface area (Å²) in [6.45, 7) is 1.85. The summed E-state index contributed by atoms with van der Waals surface area (Å²) < 4.78 is 15.3. The standard InChI is InChI=1S/C18H25NO5/c1-12-6-4-5-7-16(12)19-17(20)11-24-18(21)13-8-14(22-2)10-15(9-13)23-3/h8-10,12,16H,4-7,11H2,1-3H3,(H,19,20)/t12-,16+/m1/s1. The van der Waals surface area contributed by atoms with Crippen LogP contribution in [0.3, 0.4) is 0 Å². The summed E-state index contributed by atoms with van der Waals surface area (Å²) in [4.78, 5) is 24.1. The molecule has 0 bridgehead atoms. The Labute approximate surface area is 142 Å². The number of rotatable bonds is 6. The Morgan fingerprint density at radius 1 is 1.08 bits per heavy atom. The molecule has 0 unspecified atom stereocenters. The van der Waals surface area contributed by atoms with Gasteiger partial charge in [0.05, 0.1) is 19.8 Å². The Balaban J connectivity index is 1.89. The minimum absolute atomic E-state index is 0.168. The lowest BCUT2D eigenvalue weighted by Gasteiger charge is -2.29. The fourth-order valence-electron chi connectivity index (χ4n) is 2.92. The van der Waals surface area contributed by atoms with Crippen molar-refractivity contribution >= 4 is 11.9 Å². The van der Waals surface area contributed by atoms with Gasteiger partial charge in [0.25, 0.3) is 5.91 Å². The highest BCUT2D eigenvalue weighted by atomic mass is 16.5. The van der Waals surface area contributed by atoms with Crippen LogP contribution in [-0.4, -0.2) is 38.7 Å². The molecule has 1 aromatic carbocycles. The van der Waals surface area contributed by atoms with Crippen molar-refractivity contribution in [1.29, 1.82) is 0 Å². The van der Waals surface area contributed by atoms with Crippen LogP contribution in [0, 0.1) is 5.92 Å². The third-order valence-electron chi connectivity index (χ3n) is 4.38. The molecule has 0 aromatic heterocycles. The van der Waals surface area contributed by atoms with E-state index in [4.69, 9.17) is 14.2 Å². The van der Waals surface area contributed by atoms with Crippen molar-refractivity contribution in [1.82, 2.24) is 5.32 Å². The summed E-state index contributed by atoms with van der Waals surface area (Å²) in [5.41, 5.74) is 0.282. The predicted molar refractivity (Wildman–Crippen MR) is 89.4 cm³/mol. The normalized spacial score (nSPS) is 20.1. The summed E-state index contributed by atoms with van der Waals surface area (Å²) in [7, 11) is 3.01. The maximum Gasteiger partial charge on any atom is 0.338 e. The molecule has 1 aliphatic carbocycles. The van der Waals surface area contributed by atoms with Crippen LogP contribution < -0.4 is 14.8 Å². The Bertz CT molecular complexity index is 565. The Kier molecular flexibility index (Phi) is 6.46. The van der Waals surface area contributed by atoms with Crippen LogP contribution in [0.15, 0.2) is 18.2 Å². The van der Waals surface area contributed by atoms with E-state index in [-0.39, 0.29) is 24.1 Å². The predicted octanol–water partition coefficient (Wildman–Crippen LogP) is 2.56. The summed E-state index contributed by atoms with van der Waals surface area (Å²) >= 11 is 0. The molecule has 1 fully saturated rings. The van der Waals surface area contributed by atoms with Gasteiger partial charge in [-0.2, -0.15) is 0 Å². The van der Waals surface area contributed by atoms with Gasteiger partial charge in [-0.25, -0.2) is 4.79 Å². The van der Waals surface area contributed by atoms with Gasteiger partial charge in [0, 0.05) is 12.1 Å². The van der Waals surface area contributed by atoms with E-state index in [1.807, 2.05) is 0 Å². The van der Waals surface area contributed by atoms with Gasteiger partial charge in [-0.05, 0) is 30.9 Å². The van der Waals surface area contributed by atoms with Gasteiger partial charge in [-0.1, -0.05) is 19.8 Å². The Morgan fingerprint density at radius 2 is 1.71 bits per heavy atom. The first-order chi connectivity index (χ1) is 11.5. The van der Waals surface area contributed by atoms with E-state index in [9.17, 15) is 9.59 Å². The summed E-state index contributed by atoms with van der Waals surface area (Å²) in [5.74, 6) is 0.584.